The van der Waals surface area contributed by atoms with Crippen LogP contribution in [0.15, 0.2) is 30.3 Å². The Balaban J connectivity index is 0.000000140. The fourth-order valence-electron chi connectivity index (χ4n) is 6.41. The number of likely N-dealkylation sites (tertiary alicyclic amines) is 1. The van der Waals surface area contributed by atoms with Crippen LogP contribution in [0.2, 0.25) is 0 Å². The van der Waals surface area contributed by atoms with Crippen molar-refractivity contribution >= 4 is 12.3 Å². The van der Waals surface area contributed by atoms with Gasteiger partial charge in [0.1, 0.15) is 0 Å². The predicted octanol–water partition coefficient (Wildman–Crippen LogP) is 3.42. The maximum absolute atomic E-state index is 12.0. The van der Waals surface area contributed by atoms with Crippen molar-refractivity contribution in [3.63, 3.8) is 0 Å². The third-order valence-corrected chi connectivity index (χ3v) is 8.82. The molecule has 1 aromatic carbocycles. The van der Waals surface area contributed by atoms with Gasteiger partial charge >= 0.3 is 0 Å². The Bertz CT molecular complexity index is 823. The summed E-state index contributed by atoms with van der Waals surface area (Å²) in [5, 5.41) is 0. The standard InChI is InChI=1S/C14H24N2O2.C13H15NO/c1-15(13-9-18-10-13)11-4-2-6-14(17)16-7-3-5-12(16)8-11;15-10-14-9-12(8-13(14)6-7-13)11-4-2-1-3-5-11/h11-13H,2-10H2,1H3;1-5,10,12H,6-9H2/t11?,12-;12-/m11/s1. The first-order chi connectivity index (χ1) is 16.1. The van der Waals surface area contributed by atoms with Crippen LogP contribution in [0.4, 0.5) is 0 Å². The van der Waals surface area contributed by atoms with Gasteiger partial charge in [-0.3, -0.25) is 14.5 Å². The van der Waals surface area contributed by atoms with E-state index in [1.165, 1.54) is 44.1 Å². The Labute approximate surface area is 198 Å². The molecule has 0 radical (unpaired) electrons. The minimum absolute atomic E-state index is 0.252. The lowest BCUT2D eigenvalue weighted by atomic mass is 9.94. The lowest BCUT2D eigenvalue weighted by molar-refractivity contribution is -0.134. The zero-order valence-corrected chi connectivity index (χ0v) is 20.0. The van der Waals surface area contributed by atoms with Gasteiger partial charge in [-0.2, -0.15) is 0 Å². The molecule has 1 spiro atoms. The van der Waals surface area contributed by atoms with E-state index in [2.05, 4.69) is 41.1 Å². The van der Waals surface area contributed by atoms with Gasteiger partial charge in [-0.25, -0.2) is 0 Å². The van der Waals surface area contributed by atoms with Crippen molar-refractivity contribution in [2.24, 2.45) is 0 Å². The minimum atomic E-state index is 0.252. The van der Waals surface area contributed by atoms with Gasteiger partial charge in [-0.1, -0.05) is 30.3 Å². The fourth-order valence-corrected chi connectivity index (χ4v) is 6.41. The highest BCUT2D eigenvalue weighted by molar-refractivity contribution is 5.76. The number of rotatable bonds is 4. The molecule has 6 nitrogen and oxygen atoms in total. The number of carbonyl (C=O) groups excluding carboxylic acids is 2. The second-order valence-electron chi connectivity index (χ2n) is 10.8. The van der Waals surface area contributed by atoms with E-state index in [-0.39, 0.29) is 5.54 Å². The molecule has 3 atom stereocenters. The van der Waals surface area contributed by atoms with Crippen LogP contribution in [0.5, 0.6) is 0 Å². The highest BCUT2D eigenvalue weighted by Gasteiger charge is 2.53. The van der Waals surface area contributed by atoms with Crippen molar-refractivity contribution < 1.29 is 14.3 Å². The topological polar surface area (TPSA) is 53.1 Å². The summed E-state index contributed by atoms with van der Waals surface area (Å²) in [6.45, 7) is 3.68. The first kappa shape index (κ1) is 22.9. The Morgan fingerprint density at radius 2 is 1.88 bits per heavy atom. The zero-order valence-electron chi connectivity index (χ0n) is 20.0. The fraction of sp³-hybridized carbons (Fsp3) is 0.704. The molecule has 2 amide bonds. The van der Waals surface area contributed by atoms with Gasteiger partial charge in [0.15, 0.2) is 0 Å². The molecule has 6 heteroatoms. The highest BCUT2D eigenvalue weighted by Crippen LogP contribution is 2.53. The number of benzene rings is 1. The van der Waals surface area contributed by atoms with Crippen LogP contribution in [0.25, 0.3) is 0 Å². The molecule has 1 aliphatic carbocycles. The molecule has 5 fully saturated rings. The molecule has 0 aromatic heterocycles. The van der Waals surface area contributed by atoms with Crippen molar-refractivity contribution in [3.05, 3.63) is 35.9 Å². The lowest BCUT2D eigenvalue weighted by Crippen LogP contribution is -2.53. The highest BCUT2D eigenvalue weighted by atomic mass is 16.5. The molecular weight excluding hydrogens is 414 g/mol. The van der Waals surface area contributed by atoms with Crippen molar-refractivity contribution in [2.75, 3.05) is 33.4 Å². The second-order valence-corrected chi connectivity index (χ2v) is 10.8. The van der Waals surface area contributed by atoms with E-state index in [1.54, 1.807) is 0 Å². The Hall–Kier alpha value is -1.92. The number of likely N-dealkylation sites (N-methyl/N-ethyl adjacent to an activating group) is 1. The molecule has 180 valence electrons. The molecule has 1 saturated carbocycles. The second kappa shape index (κ2) is 9.75. The zero-order chi connectivity index (χ0) is 22.8. The molecule has 4 saturated heterocycles. The first-order valence-electron chi connectivity index (χ1n) is 13.0. The van der Waals surface area contributed by atoms with Gasteiger partial charge < -0.3 is 14.5 Å². The number of hydrogen-bond donors (Lipinski definition) is 0. The number of fused-ring (bicyclic) bond motifs is 1. The average molecular weight is 454 g/mol. The molecule has 4 aliphatic heterocycles. The van der Waals surface area contributed by atoms with Crippen LogP contribution < -0.4 is 0 Å². The van der Waals surface area contributed by atoms with Gasteiger partial charge in [-0.05, 0) is 64.0 Å². The van der Waals surface area contributed by atoms with Crippen LogP contribution >= 0.6 is 0 Å². The largest absolute Gasteiger partial charge is 0.378 e. The van der Waals surface area contributed by atoms with Crippen molar-refractivity contribution in [3.8, 4) is 0 Å². The number of ether oxygens (including phenoxy) is 1. The van der Waals surface area contributed by atoms with E-state index in [9.17, 15) is 9.59 Å². The smallest absolute Gasteiger partial charge is 0.222 e. The number of carbonyl (C=O) groups is 2. The Morgan fingerprint density at radius 1 is 1.09 bits per heavy atom. The van der Waals surface area contributed by atoms with Crippen LogP contribution in [0.1, 0.15) is 69.3 Å². The summed E-state index contributed by atoms with van der Waals surface area (Å²) in [7, 11) is 2.24. The minimum Gasteiger partial charge on any atom is -0.378 e. The normalized spacial score (nSPS) is 30.8. The van der Waals surface area contributed by atoms with E-state index >= 15 is 0 Å². The SMILES string of the molecule is CN(C1COC1)C1CCCC(=O)N2CCC[C@@H]2C1.O=CN1C[C@H](c2ccccc2)CC12CC2. The van der Waals surface area contributed by atoms with Crippen molar-refractivity contribution in [1.82, 2.24) is 14.7 Å². The van der Waals surface area contributed by atoms with Crippen LogP contribution in [0, 0.1) is 0 Å². The van der Waals surface area contributed by atoms with E-state index in [0.717, 1.165) is 52.0 Å². The number of hydrogen-bond acceptors (Lipinski definition) is 4. The molecule has 1 aromatic rings. The summed E-state index contributed by atoms with van der Waals surface area (Å²) in [4.78, 5) is 29.7. The first-order valence-corrected chi connectivity index (χ1v) is 13.0. The van der Waals surface area contributed by atoms with Gasteiger partial charge in [0.25, 0.3) is 0 Å². The number of amides is 2. The molecule has 1 unspecified atom stereocenters. The molecule has 6 rings (SSSR count). The summed E-state index contributed by atoms with van der Waals surface area (Å²) in [5.41, 5.74) is 1.63. The summed E-state index contributed by atoms with van der Waals surface area (Å²) in [5.74, 6) is 0.949. The van der Waals surface area contributed by atoms with Crippen LogP contribution in [0.3, 0.4) is 0 Å². The molecule has 4 heterocycles. The monoisotopic (exact) mass is 453 g/mol. The Kier molecular flexibility index (Phi) is 6.75. The Morgan fingerprint density at radius 3 is 2.52 bits per heavy atom. The predicted molar refractivity (Wildman–Crippen MR) is 128 cm³/mol. The van der Waals surface area contributed by atoms with E-state index in [1.807, 2.05) is 11.0 Å². The number of nitrogens with zero attached hydrogens (tertiary/aromatic N) is 3. The van der Waals surface area contributed by atoms with Crippen molar-refractivity contribution in [2.45, 2.75) is 87.4 Å². The van der Waals surface area contributed by atoms with E-state index < -0.39 is 0 Å². The maximum atomic E-state index is 12.0. The summed E-state index contributed by atoms with van der Waals surface area (Å²) >= 11 is 0. The van der Waals surface area contributed by atoms with Crippen molar-refractivity contribution in [1.29, 1.82) is 0 Å². The summed E-state index contributed by atoms with van der Waals surface area (Å²) < 4.78 is 5.30. The quantitative estimate of drug-likeness (QED) is 0.656. The summed E-state index contributed by atoms with van der Waals surface area (Å²) in [6, 6.07) is 12.3. The van der Waals surface area contributed by atoms with Gasteiger partial charge in [0.2, 0.25) is 12.3 Å². The van der Waals surface area contributed by atoms with Crippen LogP contribution in [-0.4, -0.2) is 84.0 Å². The molecule has 0 bridgehead atoms. The molecule has 5 aliphatic rings. The van der Waals surface area contributed by atoms with E-state index in [4.69, 9.17) is 4.74 Å². The van der Waals surface area contributed by atoms with E-state index in [0.29, 0.717) is 30.0 Å². The molecule has 0 N–H and O–H groups in total. The van der Waals surface area contributed by atoms with Gasteiger partial charge in [0, 0.05) is 43.1 Å². The van der Waals surface area contributed by atoms with Gasteiger partial charge in [0.05, 0.1) is 19.3 Å². The third kappa shape index (κ3) is 4.83. The summed E-state index contributed by atoms with van der Waals surface area (Å²) in [6.07, 6.45) is 11.1. The van der Waals surface area contributed by atoms with Crippen LogP contribution in [-0.2, 0) is 14.3 Å². The molecule has 33 heavy (non-hydrogen) atoms. The van der Waals surface area contributed by atoms with Gasteiger partial charge in [-0.15, -0.1) is 0 Å². The third-order valence-electron chi connectivity index (χ3n) is 8.82. The maximum Gasteiger partial charge on any atom is 0.222 e. The lowest BCUT2D eigenvalue weighted by Gasteiger charge is -2.42. The average Bonchev–Trinajstić information content (AvgIpc) is 3.25. The molecular formula is C27H39N3O3.